The molecule has 0 spiro atoms. The van der Waals surface area contributed by atoms with Gasteiger partial charge in [-0.2, -0.15) is 0 Å². The minimum absolute atomic E-state index is 0.0821. The molecule has 1 aliphatic heterocycles. The molecule has 3 rings (SSSR count). The molecule has 2 amide bonds. The smallest absolute Gasteiger partial charge is 0.338 e. The second-order valence-corrected chi connectivity index (χ2v) is 8.30. The lowest BCUT2D eigenvalue weighted by Gasteiger charge is -2.31. The van der Waals surface area contributed by atoms with E-state index in [1.54, 1.807) is 55.3 Å². The molecule has 1 saturated heterocycles. The average Bonchev–Trinajstić information content (AvgIpc) is 2.77. The van der Waals surface area contributed by atoms with Gasteiger partial charge in [0.2, 0.25) is 11.8 Å². The highest BCUT2D eigenvalue weighted by molar-refractivity contribution is 8.15. The van der Waals surface area contributed by atoms with Gasteiger partial charge in [0.1, 0.15) is 0 Å². The van der Waals surface area contributed by atoms with Crippen molar-refractivity contribution >= 4 is 52.0 Å². The third kappa shape index (κ3) is 5.86. The van der Waals surface area contributed by atoms with E-state index < -0.39 is 11.2 Å². The van der Waals surface area contributed by atoms with E-state index in [-0.39, 0.29) is 18.2 Å². The number of esters is 1. The highest BCUT2D eigenvalue weighted by Gasteiger charge is 2.35. The van der Waals surface area contributed by atoms with E-state index in [1.165, 1.54) is 11.8 Å². The average molecular weight is 460 g/mol. The van der Waals surface area contributed by atoms with Gasteiger partial charge in [-0.25, -0.2) is 9.79 Å². The Bertz CT molecular complexity index is 993. The predicted molar refractivity (Wildman–Crippen MR) is 122 cm³/mol. The van der Waals surface area contributed by atoms with Crippen molar-refractivity contribution in [1.82, 2.24) is 10.2 Å². The van der Waals surface area contributed by atoms with E-state index in [2.05, 4.69) is 10.3 Å². The first-order valence-corrected chi connectivity index (χ1v) is 11.0. The second kappa shape index (κ2) is 10.5. The molecule has 31 heavy (non-hydrogen) atoms. The van der Waals surface area contributed by atoms with Crippen LogP contribution < -0.4 is 5.32 Å². The monoisotopic (exact) mass is 459 g/mol. The van der Waals surface area contributed by atoms with Crippen molar-refractivity contribution in [3.63, 3.8) is 0 Å². The van der Waals surface area contributed by atoms with Gasteiger partial charge in [-0.15, -0.1) is 0 Å². The van der Waals surface area contributed by atoms with Gasteiger partial charge in [0.25, 0.3) is 0 Å². The molecule has 0 aromatic heterocycles. The topological polar surface area (TPSA) is 88.1 Å². The van der Waals surface area contributed by atoms with Gasteiger partial charge in [-0.1, -0.05) is 35.5 Å². The maximum Gasteiger partial charge on any atom is 0.338 e. The third-order valence-corrected chi connectivity index (χ3v) is 5.98. The molecule has 1 N–H and O–H groups in total. The Kier molecular flexibility index (Phi) is 7.70. The zero-order valence-corrected chi connectivity index (χ0v) is 18.7. The molecule has 162 valence electrons. The number of benzene rings is 2. The third-order valence-electron chi connectivity index (χ3n) is 4.54. The molecule has 7 nitrogen and oxygen atoms in total. The van der Waals surface area contributed by atoms with Crippen molar-refractivity contribution in [2.24, 2.45) is 4.99 Å². The van der Waals surface area contributed by atoms with E-state index in [1.807, 2.05) is 12.1 Å². The van der Waals surface area contributed by atoms with E-state index >= 15 is 0 Å². The number of amidine groups is 1. The Labute approximate surface area is 189 Å². The maximum absolute atomic E-state index is 12.9. The Morgan fingerprint density at radius 1 is 1.19 bits per heavy atom. The number of thioether (sulfide) groups is 1. The molecular weight excluding hydrogens is 438 g/mol. The number of carbonyl (C=O) groups excluding carboxylic acids is 3. The van der Waals surface area contributed by atoms with Crippen LogP contribution in [0.3, 0.4) is 0 Å². The number of carbonyl (C=O) groups is 3. The SMILES string of the molecule is CCOC(=O)c1ccc(N=C2SC(C(=O)NC)CC(=O)N2Cc2ccc(Cl)cc2)cc1. The highest BCUT2D eigenvalue weighted by atomic mass is 35.5. The van der Waals surface area contributed by atoms with Gasteiger partial charge in [0.05, 0.1) is 29.7 Å². The molecule has 2 aromatic rings. The number of amides is 2. The number of rotatable bonds is 6. The summed E-state index contributed by atoms with van der Waals surface area (Å²) in [6.07, 6.45) is 0.0821. The fourth-order valence-corrected chi connectivity index (χ4v) is 4.21. The van der Waals surface area contributed by atoms with Gasteiger partial charge in [-0.3, -0.25) is 14.5 Å². The van der Waals surface area contributed by atoms with Crippen molar-refractivity contribution in [1.29, 1.82) is 0 Å². The quantitative estimate of drug-likeness (QED) is 0.664. The van der Waals surface area contributed by atoms with Crippen LogP contribution in [-0.4, -0.2) is 46.8 Å². The summed E-state index contributed by atoms with van der Waals surface area (Å²) in [5.41, 5.74) is 1.86. The summed E-state index contributed by atoms with van der Waals surface area (Å²) < 4.78 is 4.99. The van der Waals surface area contributed by atoms with Crippen molar-refractivity contribution in [3.8, 4) is 0 Å². The molecule has 0 bridgehead atoms. The minimum atomic E-state index is -0.559. The van der Waals surface area contributed by atoms with Crippen LogP contribution in [0.15, 0.2) is 53.5 Å². The number of nitrogens with zero attached hydrogens (tertiary/aromatic N) is 2. The lowest BCUT2D eigenvalue weighted by molar-refractivity contribution is -0.130. The van der Waals surface area contributed by atoms with Crippen molar-refractivity contribution in [2.75, 3.05) is 13.7 Å². The predicted octanol–water partition coefficient (Wildman–Crippen LogP) is 3.78. The number of aliphatic imine (C=N–C) groups is 1. The summed E-state index contributed by atoms with van der Waals surface area (Å²) in [6, 6.07) is 13.8. The fourth-order valence-electron chi connectivity index (χ4n) is 2.93. The highest BCUT2D eigenvalue weighted by Crippen LogP contribution is 2.30. The first kappa shape index (κ1) is 22.8. The summed E-state index contributed by atoms with van der Waals surface area (Å²) in [5, 5.41) is 3.06. The van der Waals surface area contributed by atoms with Crippen LogP contribution in [0.1, 0.15) is 29.3 Å². The Balaban J connectivity index is 1.89. The molecule has 1 unspecified atom stereocenters. The van der Waals surface area contributed by atoms with Crippen molar-refractivity contribution in [2.45, 2.75) is 25.1 Å². The first-order chi connectivity index (χ1) is 14.9. The standard InChI is InChI=1S/C22H22ClN3O4S/c1-3-30-21(29)15-6-10-17(11-7-15)25-22-26(13-14-4-8-16(23)9-5-14)19(27)12-18(31-22)20(28)24-2/h4-11,18H,3,12-13H2,1-2H3,(H,24,28). The van der Waals surface area contributed by atoms with Crippen LogP contribution in [0.4, 0.5) is 5.69 Å². The summed E-state index contributed by atoms with van der Waals surface area (Å²) in [5.74, 6) is -0.827. The number of hydrogen-bond donors (Lipinski definition) is 1. The zero-order valence-electron chi connectivity index (χ0n) is 17.1. The van der Waals surface area contributed by atoms with E-state index in [0.717, 1.165) is 5.56 Å². The van der Waals surface area contributed by atoms with E-state index in [4.69, 9.17) is 16.3 Å². The van der Waals surface area contributed by atoms with Crippen molar-refractivity contribution < 1.29 is 19.1 Å². The fraction of sp³-hybridized carbons (Fsp3) is 0.273. The van der Waals surface area contributed by atoms with Crippen LogP contribution in [0.2, 0.25) is 5.02 Å². The molecule has 1 atom stereocenters. The molecular formula is C22H22ClN3O4S. The van der Waals surface area contributed by atoms with Crippen LogP contribution in [0.25, 0.3) is 0 Å². The Morgan fingerprint density at radius 3 is 2.48 bits per heavy atom. The van der Waals surface area contributed by atoms with Crippen LogP contribution in [0, 0.1) is 0 Å². The lowest BCUT2D eigenvalue weighted by atomic mass is 10.2. The number of nitrogens with one attached hydrogen (secondary N) is 1. The summed E-state index contributed by atoms with van der Waals surface area (Å²) in [6.45, 7) is 2.35. The van der Waals surface area contributed by atoms with Gasteiger partial charge in [-0.05, 0) is 48.9 Å². The molecule has 0 aliphatic carbocycles. The first-order valence-electron chi connectivity index (χ1n) is 9.70. The van der Waals surface area contributed by atoms with E-state index in [9.17, 15) is 14.4 Å². The van der Waals surface area contributed by atoms with Crippen molar-refractivity contribution in [3.05, 3.63) is 64.7 Å². The molecule has 9 heteroatoms. The van der Waals surface area contributed by atoms with Gasteiger partial charge in [0.15, 0.2) is 5.17 Å². The molecule has 1 heterocycles. The number of hydrogen-bond acceptors (Lipinski definition) is 6. The summed E-state index contributed by atoms with van der Waals surface area (Å²) in [4.78, 5) is 43.1. The Morgan fingerprint density at radius 2 is 1.87 bits per heavy atom. The summed E-state index contributed by atoms with van der Waals surface area (Å²) in [7, 11) is 1.54. The van der Waals surface area contributed by atoms with Crippen LogP contribution >= 0.6 is 23.4 Å². The molecule has 2 aromatic carbocycles. The van der Waals surface area contributed by atoms with E-state index in [0.29, 0.717) is 34.6 Å². The largest absolute Gasteiger partial charge is 0.462 e. The molecule has 1 aliphatic rings. The van der Waals surface area contributed by atoms with Gasteiger partial charge in [0, 0.05) is 18.5 Å². The second-order valence-electron chi connectivity index (χ2n) is 6.69. The van der Waals surface area contributed by atoms with Crippen LogP contribution in [-0.2, 0) is 20.9 Å². The molecule has 1 fully saturated rings. The molecule has 0 saturated carbocycles. The Hall–Kier alpha value is -2.84. The minimum Gasteiger partial charge on any atom is -0.462 e. The molecule has 0 radical (unpaired) electrons. The zero-order chi connectivity index (χ0) is 22.4. The van der Waals surface area contributed by atoms with Gasteiger partial charge < -0.3 is 10.1 Å². The number of ether oxygens (including phenoxy) is 1. The lowest BCUT2D eigenvalue weighted by Crippen LogP contribution is -2.45. The summed E-state index contributed by atoms with van der Waals surface area (Å²) >= 11 is 7.20. The normalized spacial score (nSPS) is 17.5. The maximum atomic E-state index is 12.9. The number of halogens is 1. The van der Waals surface area contributed by atoms with Gasteiger partial charge >= 0.3 is 5.97 Å². The van der Waals surface area contributed by atoms with Crippen LogP contribution in [0.5, 0.6) is 0 Å².